The quantitative estimate of drug-likeness (QED) is 0.0484. The Labute approximate surface area is 383 Å². The molecule has 63 heavy (non-hydrogen) atoms. The Kier molecular flexibility index (Phi) is 16.3. The summed E-state index contributed by atoms with van der Waals surface area (Å²) in [5.41, 5.74) is 6.54. The van der Waals surface area contributed by atoms with Gasteiger partial charge in [-0.15, -0.1) is 11.8 Å². The average molecular weight is 909 g/mol. The standard InChI is InChI=1S/C42H50ClN7O4S.C7H8S/c1-30(2)48-23-20-46(21-24-48)19-5-18-44-39-16-15-37(27-41(39)50(52)53)55(54)45-42(51)33-11-17-40-32(26-33)10-14-36-29-47(22-25-49(36)40)28-34-6-3-4-7-38(34)31-8-12-35(43)13-9-31;1-8-7-5-3-2-4-6-7/h3-4,6-9,11-13,15-17,26-27,30,36,44H,5,10,14,18-25,28-29H2,1-2H3,(H,45,51);2-6H,1H3. The van der Waals surface area contributed by atoms with E-state index in [0.717, 1.165) is 100 Å². The Morgan fingerprint density at radius 2 is 1.62 bits per heavy atom. The molecule has 0 radical (unpaired) electrons. The number of carbonyl (C=O) groups is 1. The first kappa shape index (κ1) is 46.2. The van der Waals surface area contributed by atoms with E-state index in [1.807, 2.05) is 42.5 Å². The first-order chi connectivity index (χ1) is 30.6. The highest BCUT2D eigenvalue weighted by molar-refractivity contribution is 7.98. The SMILES string of the molecule is CC(C)N1CCN(CCCNc2ccc(S(=O)NC(=O)c3ccc4c(c3)CCC3CN(Cc5ccccc5-c5ccc(Cl)cc5)CCN43)cc2[N+](=O)[O-])CC1.CSc1ccccc1. The van der Waals surface area contributed by atoms with Crippen LogP contribution in [0.4, 0.5) is 17.1 Å². The van der Waals surface area contributed by atoms with Gasteiger partial charge in [-0.1, -0.05) is 66.2 Å². The monoisotopic (exact) mass is 907 g/mol. The van der Waals surface area contributed by atoms with Crippen molar-refractivity contribution in [2.45, 2.75) is 61.5 Å². The normalized spacial score (nSPS) is 17.2. The second-order valence-electron chi connectivity index (χ2n) is 16.5. The third-order valence-electron chi connectivity index (χ3n) is 12.2. The number of fused-ring (bicyclic) bond motifs is 3. The number of amides is 1. The highest BCUT2D eigenvalue weighted by atomic mass is 35.5. The van der Waals surface area contributed by atoms with Crippen LogP contribution >= 0.6 is 23.4 Å². The molecule has 3 aliphatic heterocycles. The van der Waals surface area contributed by atoms with Gasteiger partial charge >= 0.3 is 0 Å². The van der Waals surface area contributed by atoms with E-state index in [0.29, 0.717) is 29.9 Å². The predicted molar refractivity (Wildman–Crippen MR) is 260 cm³/mol. The molecule has 332 valence electrons. The highest BCUT2D eigenvalue weighted by Gasteiger charge is 2.32. The third-order valence-corrected chi connectivity index (χ3v) is 14.2. The van der Waals surface area contributed by atoms with Crippen molar-refractivity contribution in [1.29, 1.82) is 0 Å². The topological polar surface area (TPSA) is 114 Å². The van der Waals surface area contributed by atoms with Crippen LogP contribution in [0.1, 0.15) is 48.2 Å². The molecule has 0 saturated carbocycles. The molecule has 8 rings (SSSR count). The smallest absolute Gasteiger partial charge is 0.293 e. The summed E-state index contributed by atoms with van der Waals surface area (Å²) in [6.07, 6.45) is 4.74. The Morgan fingerprint density at radius 1 is 0.889 bits per heavy atom. The van der Waals surface area contributed by atoms with Crippen molar-refractivity contribution in [3.63, 3.8) is 0 Å². The van der Waals surface area contributed by atoms with E-state index in [1.165, 1.54) is 22.1 Å². The minimum Gasteiger partial charge on any atom is -0.379 e. The second-order valence-corrected chi connectivity index (χ2v) is 19.1. The Balaban J connectivity index is 0.000000670. The average Bonchev–Trinajstić information content (AvgIpc) is 3.31. The van der Waals surface area contributed by atoms with Gasteiger partial charge in [0.1, 0.15) is 5.69 Å². The number of thioether (sulfide) groups is 1. The summed E-state index contributed by atoms with van der Waals surface area (Å²) in [5.74, 6) is -0.480. The molecule has 5 aromatic rings. The maximum Gasteiger partial charge on any atom is 0.293 e. The number of nitro benzene ring substituents is 1. The Hall–Kier alpha value is -4.76. The maximum atomic E-state index is 13.3. The molecule has 2 unspecified atom stereocenters. The maximum absolute atomic E-state index is 13.3. The molecule has 3 heterocycles. The fraction of sp³-hybridized carbons (Fsp3) is 0.367. The van der Waals surface area contributed by atoms with Gasteiger partial charge in [0, 0.05) is 98.2 Å². The summed E-state index contributed by atoms with van der Waals surface area (Å²) in [6, 6.07) is 37.9. The van der Waals surface area contributed by atoms with Gasteiger partial charge in [0.05, 0.1) is 9.82 Å². The van der Waals surface area contributed by atoms with Gasteiger partial charge in [0.25, 0.3) is 11.6 Å². The van der Waals surface area contributed by atoms with Crippen LogP contribution in [0.3, 0.4) is 0 Å². The summed E-state index contributed by atoms with van der Waals surface area (Å²) in [7, 11) is -1.98. The zero-order chi connectivity index (χ0) is 44.3. The molecule has 2 saturated heterocycles. The number of nitrogens with one attached hydrogen (secondary N) is 2. The number of aryl methyl sites for hydroxylation is 1. The first-order valence-electron chi connectivity index (χ1n) is 21.8. The number of benzene rings is 5. The Bertz CT molecular complexity index is 2340. The lowest BCUT2D eigenvalue weighted by molar-refractivity contribution is -0.384. The molecule has 2 fully saturated rings. The van der Waals surface area contributed by atoms with Crippen molar-refractivity contribution >= 4 is 57.3 Å². The van der Waals surface area contributed by atoms with E-state index in [2.05, 4.69) is 98.3 Å². The zero-order valence-electron chi connectivity index (χ0n) is 36.4. The van der Waals surface area contributed by atoms with E-state index < -0.39 is 21.8 Å². The van der Waals surface area contributed by atoms with E-state index in [-0.39, 0.29) is 10.6 Å². The summed E-state index contributed by atoms with van der Waals surface area (Å²) in [4.78, 5) is 36.2. The third kappa shape index (κ3) is 12.3. The zero-order valence-corrected chi connectivity index (χ0v) is 38.8. The van der Waals surface area contributed by atoms with Gasteiger partial charge in [-0.3, -0.25) is 29.4 Å². The molecule has 0 aliphatic carbocycles. The molecule has 11 nitrogen and oxygen atoms in total. The lowest BCUT2D eigenvalue weighted by atomic mass is 9.92. The number of nitrogens with zero attached hydrogens (tertiary/aromatic N) is 5. The summed E-state index contributed by atoms with van der Waals surface area (Å²) in [5, 5.41) is 15.9. The number of hydrogen-bond donors (Lipinski definition) is 2. The lowest BCUT2D eigenvalue weighted by Crippen LogP contribution is -2.54. The summed E-state index contributed by atoms with van der Waals surface area (Å²) in [6.45, 7) is 13.7. The summed E-state index contributed by atoms with van der Waals surface area (Å²) >= 11 is 7.92. The van der Waals surface area contributed by atoms with Crippen molar-refractivity contribution in [1.82, 2.24) is 19.4 Å². The van der Waals surface area contributed by atoms with Gasteiger partial charge < -0.3 is 15.1 Å². The van der Waals surface area contributed by atoms with Crippen molar-refractivity contribution in [3.05, 3.63) is 147 Å². The van der Waals surface area contributed by atoms with Crippen molar-refractivity contribution < 1.29 is 13.9 Å². The van der Waals surface area contributed by atoms with Crippen molar-refractivity contribution in [2.75, 3.05) is 75.4 Å². The first-order valence-corrected chi connectivity index (χ1v) is 24.6. The number of carbonyl (C=O) groups excluding carboxylic acids is 1. The van der Waals surface area contributed by atoms with Gasteiger partial charge in [0.2, 0.25) is 0 Å². The van der Waals surface area contributed by atoms with Crippen molar-refractivity contribution in [3.8, 4) is 11.1 Å². The van der Waals surface area contributed by atoms with Gasteiger partial charge in [-0.25, -0.2) is 4.21 Å². The van der Waals surface area contributed by atoms with E-state index in [9.17, 15) is 19.1 Å². The van der Waals surface area contributed by atoms with E-state index in [4.69, 9.17) is 11.6 Å². The lowest BCUT2D eigenvalue weighted by Gasteiger charge is -2.46. The number of nitro groups is 1. The predicted octanol–water partition coefficient (Wildman–Crippen LogP) is 9.24. The van der Waals surface area contributed by atoms with Crippen LogP contribution in [-0.4, -0.2) is 107 Å². The Morgan fingerprint density at radius 3 is 2.33 bits per heavy atom. The molecular weight excluding hydrogens is 850 g/mol. The highest BCUT2D eigenvalue weighted by Crippen LogP contribution is 2.35. The van der Waals surface area contributed by atoms with Crippen LogP contribution in [0.15, 0.2) is 125 Å². The largest absolute Gasteiger partial charge is 0.379 e. The van der Waals surface area contributed by atoms with Gasteiger partial charge in [-0.2, -0.15) is 0 Å². The number of rotatable bonds is 14. The fourth-order valence-corrected chi connectivity index (χ4v) is 10.1. The molecule has 14 heteroatoms. The van der Waals surface area contributed by atoms with Crippen LogP contribution in [0.2, 0.25) is 5.02 Å². The minimum absolute atomic E-state index is 0.167. The number of anilines is 2. The second kappa shape index (κ2) is 22.2. The molecule has 0 aromatic heterocycles. The fourth-order valence-electron chi connectivity index (χ4n) is 8.68. The molecular formula is C49H58ClN7O4S2. The van der Waals surface area contributed by atoms with E-state index in [1.54, 1.807) is 30.0 Å². The summed E-state index contributed by atoms with van der Waals surface area (Å²) < 4.78 is 15.8. The van der Waals surface area contributed by atoms with Gasteiger partial charge in [0.15, 0.2) is 11.0 Å². The van der Waals surface area contributed by atoms with Crippen LogP contribution < -0.4 is 14.9 Å². The molecule has 5 aromatic carbocycles. The molecule has 2 atom stereocenters. The minimum atomic E-state index is -1.98. The van der Waals surface area contributed by atoms with Crippen LogP contribution in [0, 0.1) is 10.1 Å². The molecule has 3 aliphatic rings. The van der Waals surface area contributed by atoms with Crippen molar-refractivity contribution in [2.24, 2.45) is 0 Å². The van der Waals surface area contributed by atoms with Gasteiger partial charge in [-0.05, 0) is 123 Å². The number of piperazine rings is 2. The van der Waals surface area contributed by atoms with Crippen LogP contribution in [-0.2, 0) is 24.0 Å². The van der Waals surface area contributed by atoms with E-state index >= 15 is 0 Å². The molecule has 2 N–H and O–H groups in total. The van der Waals surface area contributed by atoms with Crippen LogP contribution in [0.25, 0.3) is 11.1 Å². The number of halogens is 1. The molecule has 1 amide bonds. The number of hydrogen-bond acceptors (Lipinski definition) is 10. The molecule has 0 spiro atoms. The van der Waals surface area contributed by atoms with Crippen LogP contribution in [0.5, 0.6) is 0 Å². The molecule has 0 bridgehead atoms.